The molecule has 0 fully saturated rings. The van der Waals surface area contributed by atoms with Gasteiger partial charge in [-0.3, -0.25) is 4.79 Å². The van der Waals surface area contributed by atoms with Crippen LogP contribution >= 0.6 is 0 Å². The molecule has 0 radical (unpaired) electrons. The van der Waals surface area contributed by atoms with E-state index in [1.807, 2.05) is 19.1 Å². The summed E-state index contributed by atoms with van der Waals surface area (Å²) in [6, 6.07) is 7.18. The minimum atomic E-state index is -0.317. The lowest BCUT2D eigenvalue weighted by atomic mass is 10.2. The Morgan fingerprint density at radius 3 is 2.95 bits per heavy atom. The Balaban J connectivity index is 2.43. The number of amides is 1. The average molecular weight is 265 g/mol. The van der Waals surface area contributed by atoms with Gasteiger partial charge in [0, 0.05) is 12.1 Å². The number of carbonyl (C=O) groups excluding carboxylic acids is 1. The molecule has 0 bridgehead atoms. The summed E-state index contributed by atoms with van der Waals surface area (Å²) in [5, 5.41) is 12.0. The minimum Gasteiger partial charge on any atom is -0.494 e. The molecule has 4 heteroatoms. The Hall–Kier alpha value is -1.55. The molecule has 1 amide bonds. The summed E-state index contributed by atoms with van der Waals surface area (Å²) in [5.74, 6) is 0.617. The van der Waals surface area contributed by atoms with Gasteiger partial charge in [0.15, 0.2) is 0 Å². The van der Waals surface area contributed by atoms with Gasteiger partial charge in [0.2, 0.25) is 0 Å². The lowest BCUT2D eigenvalue weighted by Gasteiger charge is -2.08. The monoisotopic (exact) mass is 265 g/mol. The van der Waals surface area contributed by atoms with Crippen molar-refractivity contribution in [3.05, 3.63) is 29.8 Å². The van der Waals surface area contributed by atoms with Gasteiger partial charge in [-0.05, 0) is 44.4 Å². The van der Waals surface area contributed by atoms with Gasteiger partial charge in [0.1, 0.15) is 5.75 Å². The van der Waals surface area contributed by atoms with Gasteiger partial charge < -0.3 is 15.2 Å². The van der Waals surface area contributed by atoms with E-state index in [9.17, 15) is 4.79 Å². The third-order valence-corrected chi connectivity index (χ3v) is 2.65. The molecule has 0 aliphatic carbocycles. The largest absolute Gasteiger partial charge is 0.494 e. The van der Waals surface area contributed by atoms with Gasteiger partial charge in [-0.15, -0.1) is 0 Å². The first-order valence-corrected chi connectivity index (χ1v) is 6.82. The Labute approximate surface area is 114 Å². The van der Waals surface area contributed by atoms with Crippen molar-refractivity contribution in [1.29, 1.82) is 0 Å². The number of benzene rings is 1. The SMILES string of the molecule is CCCOc1cccc(C(=O)NCCCC(C)O)c1. The Bertz CT molecular complexity index is 391. The number of nitrogens with one attached hydrogen (secondary N) is 1. The highest BCUT2D eigenvalue weighted by molar-refractivity contribution is 5.94. The molecule has 0 heterocycles. The maximum absolute atomic E-state index is 11.9. The molecule has 1 rings (SSSR count). The molecule has 1 unspecified atom stereocenters. The van der Waals surface area contributed by atoms with Crippen LogP contribution in [-0.4, -0.2) is 30.3 Å². The minimum absolute atomic E-state index is 0.104. The number of ether oxygens (including phenoxy) is 1. The van der Waals surface area contributed by atoms with E-state index in [4.69, 9.17) is 9.84 Å². The Kier molecular flexibility index (Phi) is 6.97. The fourth-order valence-corrected chi connectivity index (χ4v) is 1.65. The van der Waals surface area contributed by atoms with E-state index in [-0.39, 0.29) is 12.0 Å². The van der Waals surface area contributed by atoms with Gasteiger partial charge in [-0.25, -0.2) is 0 Å². The van der Waals surface area contributed by atoms with Gasteiger partial charge in [-0.1, -0.05) is 13.0 Å². The van der Waals surface area contributed by atoms with Gasteiger partial charge in [-0.2, -0.15) is 0 Å². The van der Waals surface area contributed by atoms with E-state index in [2.05, 4.69) is 5.32 Å². The predicted molar refractivity (Wildman–Crippen MR) is 75.5 cm³/mol. The molecule has 4 nitrogen and oxygen atoms in total. The van der Waals surface area contributed by atoms with Crippen LogP contribution in [0.25, 0.3) is 0 Å². The van der Waals surface area contributed by atoms with E-state index in [0.717, 1.165) is 18.6 Å². The highest BCUT2D eigenvalue weighted by Crippen LogP contribution is 2.13. The molecule has 0 saturated heterocycles. The lowest BCUT2D eigenvalue weighted by molar-refractivity contribution is 0.0949. The summed E-state index contributed by atoms with van der Waals surface area (Å²) in [6.45, 7) is 5.01. The first-order valence-electron chi connectivity index (χ1n) is 6.82. The molecule has 0 aromatic heterocycles. The van der Waals surface area contributed by atoms with Crippen LogP contribution in [0.15, 0.2) is 24.3 Å². The van der Waals surface area contributed by atoms with Crippen LogP contribution in [0.3, 0.4) is 0 Å². The van der Waals surface area contributed by atoms with Crippen LogP contribution in [0.4, 0.5) is 0 Å². The number of hydrogen-bond donors (Lipinski definition) is 2. The molecule has 2 N–H and O–H groups in total. The third kappa shape index (κ3) is 6.25. The summed E-state index contributed by atoms with van der Waals surface area (Å²) in [7, 11) is 0. The molecule has 1 atom stereocenters. The van der Waals surface area contributed by atoms with Crippen molar-refractivity contribution in [2.45, 2.75) is 39.2 Å². The quantitative estimate of drug-likeness (QED) is 0.709. The summed E-state index contributed by atoms with van der Waals surface area (Å²) in [4.78, 5) is 11.9. The second-order valence-electron chi connectivity index (χ2n) is 4.62. The van der Waals surface area contributed by atoms with E-state index >= 15 is 0 Å². The van der Waals surface area contributed by atoms with Crippen LogP contribution < -0.4 is 10.1 Å². The normalized spacial score (nSPS) is 11.9. The zero-order valence-electron chi connectivity index (χ0n) is 11.7. The predicted octanol–water partition coefficient (Wildman–Crippen LogP) is 2.37. The fraction of sp³-hybridized carbons (Fsp3) is 0.533. The summed E-state index contributed by atoms with van der Waals surface area (Å²) < 4.78 is 5.49. The maximum atomic E-state index is 11.9. The smallest absolute Gasteiger partial charge is 0.251 e. The van der Waals surface area contributed by atoms with Crippen molar-refractivity contribution >= 4 is 5.91 Å². The Morgan fingerprint density at radius 2 is 2.26 bits per heavy atom. The standard InChI is InChI=1S/C15H23NO3/c1-3-10-19-14-8-4-7-13(11-14)15(18)16-9-5-6-12(2)17/h4,7-8,11-12,17H,3,5-6,9-10H2,1-2H3,(H,16,18). The average Bonchev–Trinajstić information content (AvgIpc) is 2.41. The van der Waals surface area contributed by atoms with Crippen molar-refractivity contribution in [2.75, 3.05) is 13.2 Å². The topological polar surface area (TPSA) is 58.6 Å². The molecule has 0 aliphatic heterocycles. The van der Waals surface area contributed by atoms with Crippen LogP contribution in [0.1, 0.15) is 43.5 Å². The summed E-state index contributed by atoms with van der Waals surface area (Å²) in [5.41, 5.74) is 0.602. The van der Waals surface area contributed by atoms with E-state index in [0.29, 0.717) is 25.1 Å². The highest BCUT2D eigenvalue weighted by atomic mass is 16.5. The number of carbonyl (C=O) groups is 1. The summed E-state index contributed by atoms with van der Waals surface area (Å²) in [6.07, 6.45) is 2.09. The number of rotatable bonds is 8. The maximum Gasteiger partial charge on any atom is 0.251 e. The molecular formula is C15H23NO3. The van der Waals surface area contributed by atoms with E-state index < -0.39 is 0 Å². The van der Waals surface area contributed by atoms with E-state index in [1.165, 1.54) is 0 Å². The van der Waals surface area contributed by atoms with Crippen molar-refractivity contribution in [1.82, 2.24) is 5.32 Å². The van der Waals surface area contributed by atoms with E-state index in [1.54, 1.807) is 19.1 Å². The number of hydrogen-bond acceptors (Lipinski definition) is 3. The van der Waals surface area contributed by atoms with Gasteiger partial charge in [0.25, 0.3) is 5.91 Å². The zero-order valence-corrected chi connectivity index (χ0v) is 11.7. The van der Waals surface area contributed by atoms with Gasteiger partial charge >= 0.3 is 0 Å². The molecule has 0 spiro atoms. The lowest BCUT2D eigenvalue weighted by Crippen LogP contribution is -2.25. The molecule has 106 valence electrons. The van der Waals surface area contributed by atoms with Crippen molar-refractivity contribution in [3.8, 4) is 5.75 Å². The number of aliphatic hydroxyl groups is 1. The number of aliphatic hydroxyl groups excluding tert-OH is 1. The second kappa shape index (κ2) is 8.53. The van der Waals surface area contributed by atoms with Crippen LogP contribution in [-0.2, 0) is 0 Å². The Morgan fingerprint density at radius 1 is 1.47 bits per heavy atom. The molecule has 0 aliphatic rings. The first kappa shape index (κ1) is 15.5. The molecule has 1 aromatic carbocycles. The zero-order chi connectivity index (χ0) is 14.1. The summed E-state index contributed by atoms with van der Waals surface area (Å²) >= 11 is 0. The molecule has 1 aromatic rings. The molecule has 19 heavy (non-hydrogen) atoms. The second-order valence-corrected chi connectivity index (χ2v) is 4.62. The fourth-order valence-electron chi connectivity index (χ4n) is 1.65. The van der Waals surface area contributed by atoms with Crippen LogP contribution in [0, 0.1) is 0 Å². The highest BCUT2D eigenvalue weighted by Gasteiger charge is 2.06. The molecular weight excluding hydrogens is 242 g/mol. The third-order valence-electron chi connectivity index (χ3n) is 2.65. The van der Waals surface area contributed by atoms with Gasteiger partial charge in [0.05, 0.1) is 12.7 Å². The molecule has 0 saturated carbocycles. The van der Waals surface area contributed by atoms with Crippen molar-refractivity contribution < 1.29 is 14.6 Å². The van der Waals surface area contributed by atoms with Crippen LogP contribution in [0.2, 0.25) is 0 Å². The van der Waals surface area contributed by atoms with Crippen molar-refractivity contribution in [2.24, 2.45) is 0 Å². The van der Waals surface area contributed by atoms with Crippen LogP contribution in [0.5, 0.6) is 5.75 Å². The first-order chi connectivity index (χ1) is 9.13. The van der Waals surface area contributed by atoms with Crippen molar-refractivity contribution in [3.63, 3.8) is 0 Å².